The molecule has 0 aliphatic carbocycles. The predicted molar refractivity (Wildman–Crippen MR) is 91.4 cm³/mol. The maximum absolute atomic E-state index is 13.6. The van der Waals surface area contributed by atoms with Crippen LogP contribution in [0.5, 0.6) is 0 Å². The molecule has 0 saturated heterocycles. The van der Waals surface area contributed by atoms with Crippen LogP contribution in [-0.4, -0.2) is 19.0 Å². The molecule has 3 nitrogen and oxygen atoms in total. The highest BCUT2D eigenvalue weighted by molar-refractivity contribution is 5.91. The molecule has 120 valence electrons. The van der Waals surface area contributed by atoms with Crippen molar-refractivity contribution in [3.05, 3.63) is 59.4 Å². The van der Waals surface area contributed by atoms with Crippen LogP contribution in [0.4, 0.5) is 15.8 Å². The number of benzene rings is 2. The number of hydrogen-bond donors (Lipinski definition) is 1. The van der Waals surface area contributed by atoms with E-state index in [0.717, 1.165) is 19.4 Å². The molecule has 1 aliphatic rings. The number of carbonyl (C=O) groups excluding carboxylic acids is 1. The minimum atomic E-state index is -0.403. The second-order valence-corrected chi connectivity index (χ2v) is 6.00. The first-order chi connectivity index (χ1) is 11.1. The molecule has 1 N–H and O–H groups in total. The van der Waals surface area contributed by atoms with Crippen molar-refractivity contribution in [2.75, 3.05) is 23.3 Å². The van der Waals surface area contributed by atoms with Gasteiger partial charge in [-0.25, -0.2) is 4.39 Å². The summed E-state index contributed by atoms with van der Waals surface area (Å²) in [5.41, 5.74) is 4.08. The molecule has 0 saturated carbocycles. The number of para-hydroxylation sites is 1. The van der Waals surface area contributed by atoms with Crippen LogP contribution < -0.4 is 10.2 Å². The molecule has 23 heavy (non-hydrogen) atoms. The van der Waals surface area contributed by atoms with Gasteiger partial charge in [-0.05, 0) is 43.5 Å². The van der Waals surface area contributed by atoms with Gasteiger partial charge in [-0.3, -0.25) is 4.79 Å². The Morgan fingerprint density at radius 3 is 2.91 bits per heavy atom. The fraction of sp³-hybridized carbons (Fsp3) is 0.316. The summed E-state index contributed by atoms with van der Waals surface area (Å²) in [6, 6.07) is 12.7. The Labute approximate surface area is 136 Å². The van der Waals surface area contributed by atoms with E-state index in [-0.39, 0.29) is 11.6 Å². The summed E-state index contributed by atoms with van der Waals surface area (Å²) in [4.78, 5) is 14.3. The highest BCUT2D eigenvalue weighted by atomic mass is 19.1. The normalized spacial score (nSPS) is 13.6. The second kappa shape index (κ2) is 6.82. The van der Waals surface area contributed by atoms with Gasteiger partial charge in [-0.1, -0.05) is 29.8 Å². The maximum Gasteiger partial charge on any atom is 0.226 e. The van der Waals surface area contributed by atoms with Gasteiger partial charge in [0, 0.05) is 25.2 Å². The first kappa shape index (κ1) is 15.5. The lowest BCUT2D eigenvalue weighted by Gasteiger charge is -2.31. The topological polar surface area (TPSA) is 32.3 Å². The van der Waals surface area contributed by atoms with Gasteiger partial charge >= 0.3 is 0 Å². The summed E-state index contributed by atoms with van der Waals surface area (Å²) in [6.45, 7) is 3.71. The van der Waals surface area contributed by atoms with Crippen molar-refractivity contribution < 1.29 is 9.18 Å². The lowest BCUT2D eigenvalue weighted by atomic mass is 9.99. The number of amides is 1. The van der Waals surface area contributed by atoms with E-state index in [1.54, 1.807) is 18.2 Å². The molecule has 0 aromatic heterocycles. The van der Waals surface area contributed by atoms with Crippen LogP contribution in [0.25, 0.3) is 0 Å². The summed E-state index contributed by atoms with van der Waals surface area (Å²) in [6.07, 6.45) is 2.54. The zero-order chi connectivity index (χ0) is 16.2. The molecule has 1 amide bonds. The Hall–Kier alpha value is -2.36. The Morgan fingerprint density at radius 2 is 2.09 bits per heavy atom. The van der Waals surface area contributed by atoms with Gasteiger partial charge in [-0.2, -0.15) is 0 Å². The van der Waals surface area contributed by atoms with Crippen molar-refractivity contribution in [3.8, 4) is 0 Å². The van der Waals surface area contributed by atoms with E-state index in [1.807, 2.05) is 0 Å². The molecule has 2 aromatic carbocycles. The Morgan fingerprint density at radius 1 is 1.26 bits per heavy atom. The number of aryl methyl sites for hydroxylation is 2. The molecule has 4 heteroatoms. The zero-order valence-corrected chi connectivity index (χ0v) is 13.3. The summed E-state index contributed by atoms with van der Waals surface area (Å²) in [5.74, 6) is -0.561. The van der Waals surface area contributed by atoms with Crippen molar-refractivity contribution >= 4 is 17.3 Å². The standard InChI is InChI=1S/C19H21FN2O/c1-14-8-9-18-15(13-14)5-4-11-22(18)12-10-19(23)21-17-7-3-2-6-16(17)20/h2-3,6-9,13H,4-5,10-12H2,1H3,(H,21,23). The number of fused-ring (bicyclic) bond motifs is 1. The monoisotopic (exact) mass is 312 g/mol. The quantitative estimate of drug-likeness (QED) is 0.928. The lowest BCUT2D eigenvalue weighted by Crippen LogP contribution is -2.32. The van der Waals surface area contributed by atoms with Crippen LogP contribution in [-0.2, 0) is 11.2 Å². The van der Waals surface area contributed by atoms with Gasteiger partial charge in [0.25, 0.3) is 0 Å². The molecule has 1 heterocycles. The number of rotatable bonds is 4. The third kappa shape index (κ3) is 3.70. The average molecular weight is 312 g/mol. The largest absolute Gasteiger partial charge is 0.371 e. The summed E-state index contributed by atoms with van der Waals surface area (Å²) in [5, 5.41) is 2.64. The minimum absolute atomic E-state index is 0.158. The molecule has 3 rings (SSSR count). The Balaban J connectivity index is 1.61. The molecule has 2 aromatic rings. The zero-order valence-electron chi connectivity index (χ0n) is 13.3. The summed E-state index contributed by atoms with van der Waals surface area (Å²) < 4.78 is 13.6. The van der Waals surface area contributed by atoms with Crippen LogP contribution >= 0.6 is 0 Å². The number of anilines is 2. The number of nitrogens with one attached hydrogen (secondary N) is 1. The third-order valence-corrected chi connectivity index (χ3v) is 4.21. The van der Waals surface area contributed by atoms with Crippen LogP contribution in [0.1, 0.15) is 24.0 Å². The maximum atomic E-state index is 13.6. The summed E-state index contributed by atoms with van der Waals surface area (Å²) in [7, 11) is 0. The van der Waals surface area contributed by atoms with Gasteiger partial charge in [0.15, 0.2) is 0 Å². The SMILES string of the molecule is Cc1ccc2c(c1)CCCN2CCC(=O)Nc1ccccc1F. The number of carbonyl (C=O) groups is 1. The van der Waals surface area contributed by atoms with Crippen LogP contribution in [0.15, 0.2) is 42.5 Å². The van der Waals surface area contributed by atoms with Gasteiger partial charge in [0.2, 0.25) is 5.91 Å². The highest BCUT2D eigenvalue weighted by Gasteiger charge is 2.17. The third-order valence-electron chi connectivity index (χ3n) is 4.21. The fourth-order valence-electron chi connectivity index (χ4n) is 3.05. The van der Waals surface area contributed by atoms with E-state index >= 15 is 0 Å². The molecule has 0 fully saturated rings. The molecule has 0 radical (unpaired) electrons. The van der Waals surface area contributed by atoms with Crippen molar-refractivity contribution in [2.45, 2.75) is 26.2 Å². The first-order valence-electron chi connectivity index (χ1n) is 8.02. The van der Waals surface area contributed by atoms with Crippen LogP contribution in [0.2, 0.25) is 0 Å². The van der Waals surface area contributed by atoms with Crippen molar-refractivity contribution in [3.63, 3.8) is 0 Å². The van der Waals surface area contributed by atoms with E-state index in [4.69, 9.17) is 0 Å². The van der Waals surface area contributed by atoms with Gasteiger partial charge in [-0.15, -0.1) is 0 Å². The smallest absolute Gasteiger partial charge is 0.226 e. The molecule has 0 atom stereocenters. The van der Waals surface area contributed by atoms with Gasteiger partial charge in [0.1, 0.15) is 5.82 Å². The number of nitrogens with zero attached hydrogens (tertiary/aromatic N) is 1. The second-order valence-electron chi connectivity index (χ2n) is 6.00. The minimum Gasteiger partial charge on any atom is -0.371 e. The molecule has 1 aliphatic heterocycles. The van der Waals surface area contributed by atoms with Crippen LogP contribution in [0, 0.1) is 12.7 Å². The van der Waals surface area contributed by atoms with E-state index in [9.17, 15) is 9.18 Å². The fourth-order valence-corrected chi connectivity index (χ4v) is 3.05. The molecular weight excluding hydrogens is 291 g/mol. The van der Waals surface area contributed by atoms with Crippen molar-refractivity contribution in [2.24, 2.45) is 0 Å². The molecular formula is C19H21FN2O. The van der Waals surface area contributed by atoms with E-state index in [0.29, 0.717) is 13.0 Å². The van der Waals surface area contributed by atoms with E-state index in [1.165, 1.54) is 22.9 Å². The van der Waals surface area contributed by atoms with Gasteiger partial charge in [0.05, 0.1) is 5.69 Å². The van der Waals surface area contributed by atoms with E-state index in [2.05, 4.69) is 35.3 Å². The molecule has 0 spiro atoms. The first-order valence-corrected chi connectivity index (χ1v) is 8.02. The molecule has 0 unspecified atom stereocenters. The Bertz CT molecular complexity index is 714. The highest BCUT2D eigenvalue weighted by Crippen LogP contribution is 2.28. The predicted octanol–water partition coefficient (Wildman–Crippen LogP) is 3.92. The molecule has 0 bridgehead atoms. The van der Waals surface area contributed by atoms with Crippen LogP contribution in [0.3, 0.4) is 0 Å². The number of hydrogen-bond acceptors (Lipinski definition) is 2. The average Bonchev–Trinajstić information content (AvgIpc) is 2.54. The lowest BCUT2D eigenvalue weighted by molar-refractivity contribution is -0.116. The van der Waals surface area contributed by atoms with Crippen molar-refractivity contribution in [1.29, 1.82) is 0 Å². The number of halogens is 1. The Kier molecular flexibility index (Phi) is 4.60. The van der Waals surface area contributed by atoms with E-state index < -0.39 is 5.82 Å². The van der Waals surface area contributed by atoms with Gasteiger partial charge < -0.3 is 10.2 Å². The van der Waals surface area contributed by atoms with Crippen molar-refractivity contribution in [1.82, 2.24) is 0 Å². The summed E-state index contributed by atoms with van der Waals surface area (Å²) >= 11 is 0.